The first-order valence-corrected chi connectivity index (χ1v) is 15.1. The summed E-state index contributed by atoms with van der Waals surface area (Å²) in [6, 6.07) is 26.3. The maximum atomic E-state index is 13.1. The van der Waals surface area contributed by atoms with E-state index in [-0.39, 0.29) is 28.6 Å². The quantitative estimate of drug-likeness (QED) is 0.199. The highest BCUT2D eigenvalue weighted by Gasteiger charge is 2.29. The van der Waals surface area contributed by atoms with Gasteiger partial charge in [0, 0.05) is 24.2 Å². The molecule has 10 nitrogen and oxygen atoms in total. The third-order valence-corrected chi connectivity index (χ3v) is 9.10. The number of amides is 2. The van der Waals surface area contributed by atoms with Crippen molar-refractivity contribution in [3.05, 3.63) is 119 Å². The molecule has 4 aromatic rings. The molecule has 0 aliphatic heterocycles. The predicted octanol–water partition coefficient (Wildman–Crippen LogP) is 3.04. The predicted molar refractivity (Wildman–Crippen MR) is 151 cm³/mol. The van der Waals surface area contributed by atoms with Crippen LogP contribution in [-0.2, 0) is 33.1 Å². The summed E-state index contributed by atoms with van der Waals surface area (Å²) in [6.07, 6.45) is 0. The van der Waals surface area contributed by atoms with Crippen molar-refractivity contribution in [1.82, 2.24) is 14.9 Å². The SMILES string of the molecule is NC(=O)NN=C1c2cc(S(=O)(=O)NCc3ccccc3)ccc2-c2ccc(S(=O)(=O)NCc3ccccc3)cc21. The van der Waals surface area contributed by atoms with Gasteiger partial charge in [-0.15, -0.1) is 0 Å². The van der Waals surface area contributed by atoms with Crippen LogP contribution in [0, 0.1) is 0 Å². The van der Waals surface area contributed by atoms with E-state index in [0.717, 1.165) is 11.1 Å². The number of rotatable bonds is 9. The maximum Gasteiger partial charge on any atom is 0.332 e. The fourth-order valence-corrected chi connectivity index (χ4v) is 6.42. The van der Waals surface area contributed by atoms with Crippen molar-refractivity contribution >= 4 is 31.8 Å². The summed E-state index contributed by atoms with van der Waals surface area (Å²) in [4.78, 5) is 11.4. The summed E-state index contributed by atoms with van der Waals surface area (Å²) >= 11 is 0. The maximum absolute atomic E-state index is 13.1. The minimum Gasteiger partial charge on any atom is -0.350 e. The molecule has 40 heavy (non-hydrogen) atoms. The van der Waals surface area contributed by atoms with E-state index < -0.39 is 26.1 Å². The van der Waals surface area contributed by atoms with Crippen molar-refractivity contribution in [2.24, 2.45) is 10.8 Å². The number of carbonyl (C=O) groups excluding carboxylic acids is 1. The first kappa shape index (κ1) is 27.2. The molecule has 1 aliphatic rings. The van der Waals surface area contributed by atoms with Crippen LogP contribution in [0.5, 0.6) is 0 Å². The Labute approximate surface area is 232 Å². The van der Waals surface area contributed by atoms with Gasteiger partial charge in [-0.3, -0.25) is 0 Å². The van der Waals surface area contributed by atoms with Gasteiger partial charge in [-0.05, 0) is 46.5 Å². The van der Waals surface area contributed by atoms with Gasteiger partial charge in [0.05, 0.1) is 15.5 Å². The molecule has 0 bridgehead atoms. The lowest BCUT2D eigenvalue weighted by Crippen LogP contribution is -2.26. The Morgan fingerprint density at radius 3 is 1.45 bits per heavy atom. The van der Waals surface area contributed by atoms with Gasteiger partial charge in [0.25, 0.3) is 0 Å². The average Bonchev–Trinajstić information content (AvgIpc) is 3.27. The lowest BCUT2D eigenvalue weighted by molar-refractivity contribution is 0.249. The third kappa shape index (κ3) is 5.80. The molecule has 4 aromatic carbocycles. The molecular formula is C28H25N5O5S2. The first-order valence-electron chi connectivity index (χ1n) is 12.1. The molecule has 0 atom stereocenters. The van der Waals surface area contributed by atoms with Gasteiger partial charge in [0.15, 0.2) is 0 Å². The fourth-order valence-electron chi connectivity index (χ4n) is 4.33. The number of sulfonamides is 2. The largest absolute Gasteiger partial charge is 0.350 e. The lowest BCUT2D eigenvalue weighted by atomic mass is 10.1. The highest BCUT2D eigenvalue weighted by Crippen LogP contribution is 2.39. The van der Waals surface area contributed by atoms with Gasteiger partial charge in [-0.2, -0.15) is 5.10 Å². The molecule has 204 valence electrons. The molecule has 0 aromatic heterocycles. The second-order valence-corrected chi connectivity index (χ2v) is 12.5. The van der Waals surface area contributed by atoms with Crippen molar-refractivity contribution < 1.29 is 21.6 Å². The van der Waals surface area contributed by atoms with E-state index in [1.54, 1.807) is 12.1 Å². The first-order chi connectivity index (χ1) is 19.1. The summed E-state index contributed by atoms with van der Waals surface area (Å²) in [5, 5.41) is 4.10. The van der Waals surface area contributed by atoms with Crippen molar-refractivity contribution in [3.63, 3.8) is 0 Å². The summed E-state index contributed by atoms with van der Waals surface area (Å²) < 4.78 is 57.5. The van der Waals surface area contributed by atoms with Gasteiger partial charge < -0.3 is 5.73 Å². The van der Waals surface area contributed by atoms with Gasteiger partial charge in [0.2, 0.25) is 20.0 Å². The van der Waals surface area contributed by atoms with Gasteiger partial charge in [-0.25, -0.2) is 36.5 Å². The molecule has 0 spiro atoms. The average molecular weight is 576 g/mol. The zero-order valence-corrected chi connectivity index (χ0v) is 22.7. The van der Waals surface area contributed by atoms with E-state index in [2.05, 4.69) is 20.0 Å². The van der Waals surface area contributed by atoms with Crippen LogP contribution in [0.15, 0.2) is 112 Å². The van der Waals surface area contributed by atoms with Gasteiger partial charge in [-0.1, -0.05) is 72.8 Å². The molecule has 0 heterocycles. The number of fused-ring (bicyclic) bond motifs is 3. The molecule has 1 aliphatic carbocycles. The van der Waals surface area contributed by atoms with E-state index in [4.69, 9.17) is 5.73 Å². The number of hydrogen-bond acceptors (Lipinski definition) is 6. The van der Waals surface area contributed by atoms with Crippen LogP contribution >= 0.6 is 0 Å². The number of hydrogen-bond donors (Lipinski definition) is 4. The molecule has 0 unspecified atom stereocenters. The Morgan fingerprint density at radius 1 is 0.625 bits per heavy atom. The Kier molecular flexibility index (Phi) is 7.50. The number of urea groups is 1. The van der Waals surface area contributed by atoms with Crippen LogP contribution in [0.3, 0.4) is 0 Å². The number of primary amides is 1. The summed E-state index contributed by atoms with van der Waals surface area (Å²) in [7, 11) is -7.82. The van der Waals surface area contributed by atoms with Crippen molar-refractivity contribution in [3.8, 4) is 11.1 Å². The molecule has 0 radical (unpaired) electrons. The summed E-state index contributed by atoms with van der Waals surface area (Å²) in [6.45, 7) is 0.198. The fraction of sp³-hybridized carbons (Fsp3) is 0.0714. The van der Waals surface area contributed by atoms with Crippen molar-refractivity contribution in [2.75, 3.05) is 0 Å². The van der Waals surface area contributed by atoms with Crippen LogP contribution in [0.2, 0.25) is 0 Å². The molecule has 5 N–H and O–H groups in total. The second-order valence-electron chi connectivity index (χ2n) is 8.97. The number of nitrogens with one attached hydrogen (secondary N) is 3. The molecule has 0 saturated carbocycles. The monoisotopic (exact) mass is 575 g/mol. The second kappa shape index (κ2) is 11.0. The highest BCUT2D eigenvalue weighted by molar-refractivity contribution is 7.89. The number of hydrazone groups is 1. The topological polar surface area (TPSA) is 160 Å². The molecule has 2 amide bonds. The van der Waals surface area contributed by atoms with Crippen LogP contribution in [0.4, 0.5) is 4.79 Å². The van der Waals surface area contributed by atoms with Crippen LogP contribution in [0.25, 0.3) is 11.1 Å². The van der Waals surface area contributed by atoms with Gasteiger partial charge >= 0.3 is 6.03 Å². The Morgan fingerprint density at radius 2 is 1.05 bits per heavy atom. The van der Waals surface area contributed by atoms with Crippen LogP contribution < -0.4 is 20.6 Å². The third-order valence-electron chi connectivity index (χ3n) is 6.30. The zero-order valence-electron chi connectivity index (χ0n) is 21.0. The smallest absolute Gasteiger partial charge is 0.332 e. The minimum atomic E-state index is -3.91. The Bertz CT molecular complexity index is 1700. The van der Waals surface area contributed by atoms with Crippen molar-refractivity contribution in [2.45, 2.75) is 22.9 Å². The normalized spacial score (nSPS) is 12.4. The zero-order chi connectivity index (χ0) is 28.3. The summed E-state index contributed by atoms with van der Waals surface area (Å²) in [5.41, 5.74) is 11.2. The van der Waals surface area contributed by atoms with E-state index in [0.29, 0.717) is 22.3 Å². The van der Waals surface area contributed by atoms with Crippen molar-refractivity contribution in [1.29, 1.82) is 0 Å². The van der Waals surface area contributed by atoms with E-state index in [9.17, 15) is 21.6 Å². The standard InChI is InChI=1S/C28H25N5O5S2/c29-28(34)33-32-27-25-15-21(39(35,36)30-17-19-7-3-1-4-8-19)11-13-23(25)24-14-12-22(16-26(24)27)40(37,38)31-18-20-9-5-2-6-10-20/h1-16,30-31H,17-18H2,(H3,29,33,34). The Hall–Kier alpha value is -4.36. The van der Waals surface area contributed by atoms with E-state index >= 15 is 0 Å². The molecule has 5 rings (SSSR count). The van der Waals surface area contributed by atoms with Crippen LogP contribution in [0.1, 0.15) is 22.3 Å². The molecule has 0 fully saturated rings. The molecule has 12 heteroatoms. The minimum absolute atomic E-state index is 0.0147. The number of carbonyl (C=O) groups is 1. The van der Waals surface area contributed by atoms with E-state index in [1.807, 2.05) is 60.7 Å². The number of nitrogens with two attached hydrogens (primary N) is 1. The molecular weight excluding hydrogens is 550 g/mol. The lowest BCUT2D eigenvalue weighted by Gasteiger charge is -2.09. The number of benzene rings is 4. The number of nitrogens with zero attached hydrogens (tertiary/aromatic N) is 1. The highest BCUT2D eigenvalue weighted by atomic mass is 32.2. The summed E-state index contributed by atoms with van der Waals surface area (Å²) in [5.74, 6) is 0. The van der Waals surface area contributed by atoms with Crippen LogP contribution in [-0.4, -0.2) is 28.6 Å². The molecule has 0 saturated heterocycles. The van der Waals surface area contributed by atoms with E-state index in [1.165, 1.54) is 24.3 Å². The van der Waals surface area contributed by atoms with Gasteiger partial charge in [0.1, 0.15) is 0 Å². The Balaban J connectivity index is 1.48.